The zero-order chi connectivity index (χ0) is 20.4. The molecule has 0 bridgehead atoms. The lowest BCUT2D eigenvalue weighted by atomic mass is 9.77. The number of nitrogens with one attached hydrogen (secondary N) is 1. The van der Waals surface area contributed by atoms with Crippen molar-refractivity contribution in [3.63, 3.8) is 0 Å². The number of carbonyl (C=O) groups excluding carboxylic acids is 1. The van der Waals surface area contributed by atoms with Gasteiger partial charge in [-0.3, -0.25) is 9.69 Å². The summed E-state index contributed by atoms with van der Waals surface area (Å²) in [6.07, 6.45) is 6.72. The van der Waals surface area contributed by atoms with E-state index in [4.69, 9.17) is 4.74 Å². The highest BCUT2D eigenvalue weighted by atomic mass is 16.5. The first-order valence-electron chi connectivity index (χ1n) is 11.3. The lowest BCUT2D eigenvalue weighted by molar-refractivity contribution is -0.130. The van der Waals surface area contributed by atoms with E-state index in [1.807, 2.05) is 12.5 Å². The molecular formula is C22H36N4O3. The van der Waals surface area contributed by atoms with Crippen molar-refractivity contribution in [1.82, 2.24) is 19.8 Å². The minimum Gasteiger partial charge on any atom is -0.391 e. The van der Waals surface area contributed by atoms with E-state index < -0.39 is 6.10 Å². The molecular weight excluding hydrogens is 368 g/mol. The number of hydrogen-bond acceptors (Lipinski definition) is 5. The second kappa shape index (κ2) is 9.14. The Labute approximate surface area is 173 Å². The normalized spacial score (nSPS) is 31.2. The van der Waals surface area contributed by atoms with Gasteiger partial charge in [-0.15, -0.1) is 0 Å². The Balaban J connectivity index is 1.32. The number of likely N-dealkylation sites (tertiary alicyclic amines) is 1. The van der Waals surface area contributed by atoms with Crippen LogP contribution < -0.4 is 5.32 Å². The summed E-state index contributed by atoms with van der Waals surface area (Å²) < 4.78 is 7.62. The Morgan fingerprint density at radius 2 is 2.00 bits per heavy atom. The summed E-state index contributed by atoms with van der Waals surface area (Å²) in [7, 11) is 0. The molecule has 3 heterocycles. The average Bonchev–Trinajstić information content (AvgIpc) is 3.28. The van der Waals surface area contributed by atoms with Crippen molar-refractivity contribution in [3.8, 4) is 0 Å². The molecule has 0 unspecified atom stereocenters. The van der Waals surface area contributed by atoms with Gasteiger partial charge in [0.05, 0.1) is 24.2 Å². The van der Waals surface area contributed by atoms with Gasteiger partial charge in [0.2, 0.25) is 5.91 Å². The summed E-state index contributed by atoms with van der Waals surface area (Å²) in [5.74, 6) is 1.79. The van der Waals surface area contributed by atoms with Crippen LogP contribution in [0.3, 0.4) is 0 Å². The number of carbonyl (C=O) groups is 1. The summed E-state index contributed by atoms with van der Waals surface area (Å²) in [5, 5.41) is 13.8. The number of hydrogen-bond donors (Lipinski definition) is 2. The number of nitrogens with zero attached hydrogens (tertiary/aromatic N) is 3. The highest BCUT2D eigenvalue weighted by Gasteiger charge is 2.42. The second-order valence-electron chi connectivity index (χ2n) is 9.69. The van der Waals surface area contributed by atoms with E-state index in [1.165, 1.54) is 5.69 Å². The first-order chi connectivity index (χ1) is 14.0. The minimum atomic E-state index is -0.438. The third-order valence-electron chi connectivity index (χ3n) is 6.88. The summed E-state index contributed by atoms with van der Waals surface area (Å²) in [4.78, 5) is 19.5. The Morgan fingerprint density at radius 3 is 2.72 bits per heavy atom. The number of imidazole rings is 1. The molecule has 4 atom stereocenters. The topological polar surface area (TPSA) is 79.6 Å². The third kappa shape index (κ3) is 5.01. The number of ether oxygens (including phenoxy) is 1. The maximum absolute atomic E-state index is 12.6. The molecule has 162 valence electrons. The quantitative estimate of drug-likeness (QED) is 0.754. The molecule has 2 aliphatic heterocycles. The monoisotopic (exact) mass is 404 g/mol. The lowest BCUT2D eigenvalue weighted by Crippen LogP contribution is -2.51. The zero-order valence-electron chi connectivity index (χ0n) is 17.8. The van der Waals surface area contributed by atoms with Crippen molar-refractivity contribution in [1.29, 1.82) is 0 Å². The van der Waals surface area contributed by atoms with E-state index in [-0.39, 0.29) is 17.9 Å². The first kappa shape index (κ1) is 20.8. The average molecular weight is 405 g/mol. The van der Waals surface area contributed by atoms with E-state index in [0.29, 0.717) is 31.0 Å². The van der Waals surface area contributed by atoms with Gasteiger partial charge in [-0.05, 0) is 43.4 Å². The molecule has 1 aliphatic carbocycles. The Kier molecular flexibility index (Phi) is 6.56. The second-order valence-corrected chi connectivity index (χ2v) is 9.69. The van der Waals surface area contributed by atoms with Crippen LogP contribution in [0.25, 0.3) is 0 Å². The highest BCUT2D eigenvalue weighted by Crippen LogP contribution is 2.37. The molecule has 29 heavy (non-hydrogen) atoms. The van der Waals surface area contributed by atoms with Gasteiger partial charge in [-0.2, -0.15) is 0 Å². The fourth-order valence-corrected chi connectivity index (χ4v) is 5.34. The van der Waals surface area contributed by atoms with Gasteiger partial charge in [-0.25, -0.2) is 4.98 Å². The third-order valence-corrected chi connectivity index (χ3v) is 6.88. The van der Waals surface area contributed by atoms with Crippen LogP contribution in [0.4, 0.5) is 0 Å². The molecule has 0 radical (unpaired) electrons. The van der Waals surface area contributed by atoms with E-state index in [1.54, 1.807) is 0 Å². The van der Waals surface area contributed by atoms with Gasteiger partial charge >= 0.3 is 0 Å². The number of aromatic nitrogens is 2. The highest BCUT2D eigenvalue weighted by molar-refractivity contribution is 5.79. The zero-order valence-corrected chi connectivity index (χ0v) is 17.8. The molecule has 3 fully saturated rings. The SMILES string of the molecule is CC(C)Cn1cncc1CN1C[C@H]2C[C@H](O)[C@@H](NC(=O)C3CCOCC3)C[C@H]2C1. The van der Waals surface area contributed by atoms with Crippen LogP contribution in [0.15, 0.2) is 12.5 Å². The molecule has 1 aromatic heterocycles. The minimum absolute atomic E-state index is 0.0370. The summed E-state index contributed by atoms with van der Waals surface area (Å²) in [5.41, 5.74) is 1.27. The molecule has 0 aromatic carbocycles. The van der Waals surface area contributed by atoms with Crippen molar-refractivity contribution in [2.24, 2.45) is 23.7 Å². The largest absolute Gasteiger partial charge is 0.391 e. The standard InChI is InChI=1S/C22H36N4O3/c1-15(2)10-26-14-23-9-19(26)13-25-11-17-7-20(21(27)8-18(17)12-25)24-22(28)16-3-5-29-6-4-16/h9,14-18,20-21,27H,3-8,10-13H2,1-2H3,(H,24,28)/t17-,18+,20-,21-/m0/s1. The van der Waals surface area contributed by atoms with Gasteiger partial charge in [0.15, 0.2) is 0 Å². The van der Waals surface area contributed by atoms with Crippen LogP contribution in [0, 0.1) is 23.7 Å². The van der Waals surface area contributed by atoms with Gasteiger partial charge in [-0.1, -0.05) is 13.8 Å². The Hall–Kier alpha value is -1.44. The molecule has 7 nitrogen and oxygen atoms in total. The number of fused-ring (bicyclic) bond motifs is 1. The molecule has 1 aromatic rings. The summed E-state index contributed by atoms with van der Waals surface area (Å²) in [6.45, 7) is 9.75. The maximum Gasteiger partial charge on any atom is 0.223 e. The van der Waals surface area contributed by atoms with Crippen molar-refractivity contribution in [3.05, 3.63) is 18.2 Å². The number of amides is 1. The molecule has 3 aliphatic rings. The molecule has 1 amide bonds. The van der Waals surface area contributed by atoms with Crippen LogP contribution in [-0.4, -0.2) is 63.9 Å². The molecule has 1 saturated carbocycles. The predicted octanol–water partition coefficient (Wildman–Crippen LogP) is 1.65. The molecule has 0 spiro atoms. The molecule has 4 rings (SSSR count). The fourth-order valence-electron chi connectivity index (χ4n) is 5.34. The number of aliphatic hydroxyl groups excluding tert-OH is 1. The van der Waals surface area contributed by atoms with Gasteiger partial charge in [0.25, 0.3) is 0 Å². The van der Waals surface area contributed by atoms with Gasteiger partial charge in [0, 0.05) is 51.5 Å². The number of rotatable bonds is 6. The van der Waals surface area contributed by atoms with Crippen LogP contribution in [0.1, 0.15) is 45.2 Å². The van der Waals surface area contributed by atoms with Crippen molar-refractivity contribution in [2.45, 2.75) is 64.8 Å². The van der Waals surface area contributed by atoms with Crippen molar-refractivity contribution in [2.75, 3.05) is 26.3 Å². The van der Waals surface area contributed by atoms with E-state index in [9.17, 15) is 9.90 Å². The van der Waals surface area contributed by atoms with E-state index in [0.717, 1.165) is 51.9 Å². The smallest absolute Gasteiger partial charge is 0.223 e. The Bertz CT molecular complexity index is 685. The molecule has 2 saturated heterocycles. The molecule has 7 heteroatoms. The van der Waals surface area contributed by atoms with Crippen LogP contribution in [-0.2, 0) is 22.6 Å². The molecule has 2 N–H and O–H groups in total. The van der Waals surface area contributed by atoms with Crippen LogP contribution >= 0.6 is 0 Å². The van der Waals surface area contributed by atoms with E-state index in [2.05, 4.69) is 33.6 Å². The first-order valence-corrected chi connectivity index (χ1v) is 11.3. The fraction of sp³-hybridized carbons (Fsp3) is 0.818. The maximum atomic E-state index is 12.6. The van der Waals surface area contributed by atoms with Gasteiger partial charge in [0.1, 0.15) is 0 Å². The summed E-state index contributed by atoms with van der Waals surface area (Å²) >= 11 is 0. The van der Waals surface area contributed by atoms with E-state index >= 15 is 0 Å². The number of aliphatic hydroxyl groups is 1. The Morgan fingerprint density at radius 1 is 1.28 bits per heavy atom. The lowest BCUT2D eigenvalue weighted by Gasteiger charge is -2.36. The summed E-state index contributed by atoms with van der Waals surface area (Å²) in [6, 6.07) is -0.113. The van der Waals surface area contributed by atoms with Crippen molar-refractivity contribution < 1.29 is 14.6 Å². The van der Waals surface area contributed by atoms with Crippen LogP contribution in [0.5, 0.6) is 0 Å². The van der Waals surface area contributed by atoms with Gasteiger partial charge < -0.3 is 19.7 Å². The predicted molar refractivity (Wildman–Crippen MR) is 110 cm³/mol. The van der Waals surface area contributed by atoms with Crippen molar-refractivity contribution >= 4 is 5.91 Å². The van der Waals surface area contributed by atoms with Crippen LogP contribution in [0.2, 0.25) is 0 Å².